The standard InChI is InChI=1S/C14H13N3OS/c1-9-14(6-11(8-18)17(9)2)19-12-3-4-13-10(5-12)7-15-16-13/h3-8H,1-2H3,(H,15,16). The van der Waals surface area contributed by atoms with Crippen LogP contribution in [0.25, 0.3) is 10.9 Å². The van der Waals surface area contributed by atoms with E-state index >= 15 is 0 Å². The molecule has 0 aliphatic rings. The van der Waals surface area contributed by atoms with Crippen LogP contribution < -0.4 is 0 Å². The Hall–Kier alpha value is -2.01. The van der Waals surface area contributed by atoms with Gasteiger partial charge >= 0.3 is 0 Å². The van der Waals surface area contributed by atoms with E-state index < -0.39 is 0 Å². The molecule has 0 spiro atoms. The maximum atomic E-state index is 10.9. The second-order valence-corrected chi connectivity index (χ2v) is 5.53. The van der Waals surface area contributed by atoms with E-state index in [2.05, 4.69) is 22.3 Å². The van der Waals surface area contributed by atoms with Gasteiger partial charge in [0, 0.05) is 27.9 Å². The number of hydrogen-bond donors (Lipinski definition) is 1. The Morgan fingerprint density at radius 2 is 2.21 bits per heavy atom. The van der Waals surface area contributed by atoms with E-state index in [1.165, 1.54) is 0 Å². The van der Waals surface area contributed by atoms with E-state index in [1.54, 1.807) is 11.8 Å². The SMILES string of the molecule is Cc1c(Sc2ccc3[nH]ncc3c2)cc(C=O)n1C. The molecule has 0 bridgehead atoms. The molecule has 0 aliphatic heterocycles. The highest BCUT2D eigenvalue weighted by molar-refractivity contribution is 7.99. The molecular weight excluding hydrogens is 258 g/mol. The van der Waals surface area contributed by atoms with Gasteiger partial charge in [0.1, 0.15) is 0 Å². The zero-order valence-electron chi connectivity index (χ0n) is 10.7. The number of benzene rings is 1. The number of carbonyl (C=O) groups excluding carboxylic acids is 1. The van der Waals surface area contributed by atoms with E-state index in [4.69, 9.17) is 0 Å². The third kappa shape index (κ3) is 2.06. The Kier molecular flexibility index (Phi) is 2.91. The molecule has 19 heavy (non-hydrogen) atoms. The fourth-order valence-corrected chi connectivity index (χ4v) is 3.06. The minimum Gasteiger partial charge on any atom is -0.345 e. The smallest absolute Gasteiger partial charge is 0.166 e. The van der Waals surface area contributed by atoms with Gasteiger partial charge in [-0.3, -0.25) is 9.89 Å². The lowest BCUT2D eigenvalue weighted by Gasteiger charge is -2.02. The quantitative estimate of drug-likeness (QED) is 0.744. The summed E-state index contributed by atoms with van der Waals surface area (Å²) < 4.78 is 1.91. The van der Waals surface area contributed by atoms with Crippen LogP contribution in [0, 0.1) is 6.92 Å². The van der Waals surface area contributed by atoms with Gasteiger partial charge in [0.25, 0.3) is 0 Å². The number of aromatic nitrogens is 3. The normalized spacial score (nSPS) is 11.1. The Labute approximate surface area is 114 Å². The van der Waals surface area contributed by atoms with Crippen LogP contribution in [0.5, 0.6) is 0 Å². The highest BCUT2D eigenvalue weighted by Crippen LogP contribution is 2.33. The number of rotatable bonds is 3. The van der Waals surface area contributed by atoms with Crippen molar-refractivity contribution < 1.29 is 4.79 Å². The number of aromatic amines is 1. The van der Waals surface area contributed by atoms with E-state index in [0.717, 1.165) is 32.7 Å². The van der Waals surface area contributed by atoms with Gasteiger partial charge in [0.2, 0.25) is 0 Å². The zero-order chi connectivity index (χ0) is 13.4. The van der Waals surface area contributed by atoms with Crippen molar-refractivity contribution in [2.45, 2.75) is 16.7 Å². The molecule has 1 aromatic carbocycles. The summed E-state index contributed by atoms with van der Waals surface area (Å²) in [5.41, 5.74) is 2.83. The Morgan fingerprint density at radius 3 is 2.95 bits per heavy atom. The lowest BCUT2D eigenvalue weighted by molar-refractivity contribution is 0.111. The maximum Gasteiger partial charge on any atom is 0.166 e. The first-order valence-electron chi connectivity index (χ1n) is 5.91. The van der Waals surface area contributed by atoms with Gasteiger partial charge < -0.3 is 4.57 Å². The monoisotopic (exact) mass is 271 g/mol. The Balaban J connectivity index is 1.98. The third-order valence-corrected chi connectivity index (χ3v) is 4.41. The second-order valence-electron chi connectivity index (χ2n) is 4.42. The fourth-order valence-electron chi connectivity index (χ4n) is 2.02. The molecule has 0 saturated carbocycles. The zero-order valence-corrected chi connectivity index (χ0v) is 11.5. The molecule has 0 radical (unpaired) electrons. The van der Waals surface area contributed by atoms with Gasteiger partial charge in [-0.1, -0.05) is 11.8 Å². The van der Waals surface area contributed by atoms with E-state index in [1.807, 2.05) is 36.9 Å². The molecule has 0 atom stereocenters. The first-order chi connectivity index (χ1) is 9.19. The van der Waals surface area contributed by atoms with Crippen molar-refractivity contribution in [1.82, 2.24) is 14.8 Å². The molecule has 3 rings (SSSR count). The molecule has 0 aliphatic carbocycles. The van der Waals surface area contributed by atoms with Crippen molar-refractivity contribution in [2.24, 2.45) is 7.05 Å². The third-order valence-electron chi connectivity index (χ3n) is 3.29. The minimum absolute atomic E-state index is 0.699. The lowest BCUT2D eigenvalue weighted by atomic mass is 10.3. The summed E-state index contributed by atoms with van der Waals surface area (Å²) >= 11 is 1.66. The summed E-state index contributed by atoms with van der Waals surface area (Å²) in [6, 6.07) is 8.09. The highest BCUT2D eigenvalue weighted by Gasteiger charge is 2.10. The van der Waals surface area contributed by atoms with Crippen LogP contribution in [0.3, 0.4) is 0 Å². The predicted octanol–water partition coefficient (Wildman–Crippen LogP) is 3.17. The molecule has 5 heteroatoms. The van der Waals surface area contributed by atoms with Crippen molar-refractivity contribution in [3.05, 3.63) is 41.9 Å². The van der Waals surface area contributed by atoms with E-state index in [-0.39, 0.29) is 0 Å². The van der Waals surface area contributed by atoms with Crippen molar-refractivity contribution in [3.8, 4) is 0 Å². The molecule has 2 heterocycles. The summed E-state index contributed by atoms with van der Waals surface area (Å²) in [5, 5.41) is 8.04. The second kappa shape index (κ2) is 4.59. The van der Waals surface area contributed by atoms with Crippen LogP contribution in [-0.2, 0) is 7.05 Å². The van der Waals surface area contributed by atoms with Gasteiger partial charge in [-0.15, -0.1) is 0 Å². The highest BCUT2D eigenvalue weighted by atomic mass is 32.2. The van der Waals surface area contributed by atoms with Crippen LogP contribution in [-0.4, -0.2) is 21.1 Å². The van der Waals surface area contributed by atoms with Gasteiger partial charge in [0.05, 0.1) is 17.4 Å². The molecule has 0 saturated heterocycles. The molecule has 0 amide bonds. The average Bonchev–Trinajstić information content (AvgIpc) is 2.98. The molecule has 4 nitrogen and oxygen atoms in total. The molecule has 0 fully saturated rings. The number of hydrogen-bond acceptors (Lipinski definition) is 3. The maximum absolute atomic E-state index is 10.9. The van der Waals surface area contributed by atoms with Crippen LogP contribution in [0.4, 0.5) is 0 Å². The summed E-state index contributed by atoms with van der Waals surface area (Å²) in [6.07, 6.45) is 2.70. The Morgan fingerprint density at radius 1 is 1.37 bits per heavy atom. The van der Waals surface area contributed by atoms with E-state index in [9.17, 15) is 4.79 Å². The van der Waals surface area contributed by atoms with Crippen LogP contribution in [0.15, 0.2) is 40.3 Å². The number of nitrogens with one attached hydrogen (secondary N) is 1. The Bertz CT molecular complexity index is 757. The molecule has 96 valence electrons. The first kappa shape index (κ1) is 12.0. The predicted molar refractivity (Wildman–Crippen MR) is 75.8 cm³/mol. The lowest BCUT2D eigenvalue weighted by Crippen LogP contribution is -1.95. The van der Waals surface area contributed by atoms with Crippen molar-refractivity contribution in [1.29, 1.82) is 0 Å². The minimum atomic E-state index is 0.699. The van der Waals surface area contributed by atoms with Gasteiger partial charge in [-0.2, -0.15) is 5.10 Å². The first-order valence-corrected chi connectivity index (χ1v) is 6.73. The average molecular weight is 271 g/mol. The van der Waals surface area contributed by atoms with Crippen molar-refractivity contribution >= 4 is 29.0 Å². The van der Waals surface area contributed by atoms with Crippen LogP contribution in [0.2, 0.25) is 0 Å². The number of fused-ring (bicyclic) bond motifs is 1. The molecule has 1 N–H and O–H groups in total. The summed E-state index contributed by atoms with van der Waals surface area (Å²) in [5.74, 6) is 0. The number of H-pyrrole nitrogens is 1. The number of carbonyl (C=O) groups is 1. The van der Waals surface area contributed by atoms with Gasteiger partial charge in [0.15, 0.2) is 6.29 Å². The van der Waals surface area contributed by atoms with E-state index in [0.29, 0.717) is 5.69 Å². The van der Waals surface area contributed by atoms with Crippen molar-refractivity contribution in [3.63, 3.8) is 0 Å². The van der Waals surface area contributed by atoms with Crippen molar-refractivity contribution in [2.75, 3.05) is 0 Å². The largest absolute Gasteiger partial charge is 0.345 e. The topological polar surface area (TPSA) is 50.7 Å². The van der Waals surface area contributed by atoms with Gasteiger partial charge in [-0.05, 0) is 31.2 Å². The molecule has 0 unspecified atom stereocenters. The number of nitrogens with zero attached hydrogens (tertiary/aromatic N) is 2. The molecular formula is C14H13N3OS. The molecule has 3 aromatic rings. The summed E-state index contributed by atoms with van der Waals surface area (Å²) in [4.78, 5) is 13.2. The van der Waals surface area contributed by atoms with Crippen LogP contribution in [0.1, 0.15) is 16.2 Å². The van der Waals surface area contributed by atoms with Gasteiger partial charge in [-0.25, -0.2) is 0 Å². The summed E-state index contributed by atoms with van der Waals surface area (Å²) in [7, 11) is 1.91. The molecule has 2 aromatic heterocycles. The van der Waals surface area contributed by atoms with Crippen LogP contribution >= 0.6 is 11.8 Å². The fraction of sp³-hybridized carbons (Fsp3) is 0.143. The number of aldehydes is 1. The summed E-state index contributed by atoms with van der Waals surface area (Å²) in [6.45, 7) is 2.02.